The minimum atomic E-state index is 0.395. The molecular formula is C15H19NO. The number of hydrogen-bond acceptors (Lipinski definition) is 2. The zero-order valence-corrected chi connectivity index (χ0v) is 10.1. The fraction of sp³-hybridized carbons (Fsp3) is 0.533. The van der Waals surface area contributed by atoms with E-state index < -0.39 is 0 Å². The predicted molar refractivity (Wildman–Crippen MR) is 67.9 cm³/mol. The van der Waals surface area contributed by atoms with Crippen molar-refractivity contribution in [1.82, 2.24) is 5.32 Å². The van der Waals surface area contributed by atoms with Gasteiger partial charge in [0.15, 0.2) is 0 Å². The van der Waals surface area contributed by atoms with Crippen molar-refractivity contribution in [2.45, 2.75) is 37.6 Å². The molecule has 0 aliphatic heterocycles. The smallest absolute Gasteiger partial charge is 0.146 e. The average Bonchev–Trinajstić information content (AvgIpc) is 3.23. The molecule has 0 heterocycles. The van der Waals surface area contributed by atoms with Crippen molar-refractivity contribution in [1.29, 1.82) is 0 Å². The largest absolute Gasteiger partial charge is 0.307 e. The third-order valence-corrected chi connectivity index (χ3v) is 3.79. The van der Waals surface area contributed by atoms with E-state index in [-0.39, 0.29) is 0 Å². The number of hydrogen-bond donors (Lipinski definition) is 1. The van der Waals surface area contributed by atoms with Crippen LogP contribution in [0.2, 0.25) is 0 Å². The number of Topliss-reactive ketones (excluding diaryl/α,β-unsaturated/α-hetero) is 1. The molecule has 0 radical (unpaired) electrons. The second kappa shape index (κ2) is 4.61. The molecule has 1 N–H and O–H groups in total. The minimum Gasteiger partial charge on any atom is -0.307 e. The van der Waals surface area contributed by atoms with Crippen LogP contribution in [0.25, 0.3) is 0 Å². The summed E-state index contributed by atoms with van der Waals surface area (Å²) >= 11 is 0. The maximum Gasteiger partial charge on any atom is 0.146 e. The molecule has 0 aromatic heterocycles. The fourth-order valence-corrected chi connectivity index (χ4v) is 2.45. The number of nitrogens with one attached hydrogen (secondary N) is 1. The molecule has 1 unspecified atom stereocenters. The first-order chi connectivity index (χ1) is 8.33. The number of rotatable bonds is 6. The lowest BCUT2D eigenvalue weighted by Gasteiger charge is -2.03. The van der Waals surface area contributed by atoms with Crippen LogP contribution >= 0.6 is 0 Å². The normalized spacial score (nSPS) is 26.8. The van der Waals surface area contributed by atoms with Crippen LogP contribution < -0.4 is 5.32 Å². The molecule has 2 aliphatic rings. The SMILES string of the molecule is O=C(CN[C@H]1CC1c1ccccc1)CC1CC1. The summed E-state index contributed by atoms with van der Waals surface area (Å²) in [5.41, 5.74) is 1.40. The van der Waals surface area contributed by atoms with E-state index in [1.807, 2.05) is 6.07 Å². The molecule has 2 fully saturated rings. The fourth-order valence-electron chi connectivity index (χ4n) is 2.45. The van der Waals surface area contributed by atoms with Gasteiger partial charge in [0.25, 0.3) is 0 Å². The Morgan fingerprint density at radius 3 is 2.71 bits per heavy atom. The Bertz CT molecular complexity index is 397. The lowest BCUT2D eigenvalue weighted by Crippen LogP contribution is -2.26. The van der Waals surface area contributed by atoms with Gasteiger partial charge in [-0.3, -0.25) is 4.79 Å². The first-order valence-electron chi connectivity index (χ1n) is 6.63. The Labute approximate surface area is 102 Å². The molecule has 1 aromatic carbocycles. The molecule has 2 heteroatoms. The van der Waals surface area contributed by atoms with Crippen molar-refractivity contribution < 1.29 is 4.79 Å². The zero-order chi connectivity index (χ0) is 11.7. The molecule has 0 amide bonds. The van der Waals surface area contributed by atoms with Gasteiger partial charge >= 0.3 is 0 Å². The molecule has 2 nitrogen and oxygen atoms in total. The Balaban J connectivity index is 1.41. The Kier molecular flexibility index (Phi) is 2.98. The molecule has 0 bridgehead atoms. The molecule has 3 rings (SSSR count). The van der Waals surface area contributed by atoms with Crippen LogP contribution in [0.5, 0.6) is 0 Å². The van der Waals surface area contributed by atoms with Gasteiger partial charge in [-0.15, -0.1) is 0 Å². The van der Waals surface area contributed by atoms with E-state index in [4.69, 9.17) is 0 Å². The summed E-state index contributed by atoms with van der Waals surface area (Å²) in [6.07, 6.45) is 4.51. The molecule has 1 aromatic rings. The first kappa shape index (κ1) is 11.0. The highest BCUT2D eigenvalue weighted by molar-refractivity contribution is 5.81. The highest BCUT2D eigenvalue weighted by Gasteiger charge is 2.38. The van der Waals surface area contributed by atoms with Crippen LogP contribution in [-0.4, -0.2) is 18.4 Å². The van der Waals surface area contributed by atoms with Crippen molar-refractivity contribution in [2.75, 3.05) is 6.54 Å². The van der Waals surface area contributed by atoms with Crippen molar-refractivity contribution in [3.05, 3.63) is 35.9 Å². The molecular weight excluding hydrogens is 210 g/mol. The maximum atomic E-state index is 11.6. The molecule has 90 valence electrons. The van der Waals surface area contributed by atoms with Crippen molar-refractivity contribution in [3.8, 4) is 0 Å². The molecule has 2 aliphatic carbocycles. The van der Waals surface area contributed by atoms with Gasteiger partial charge in [-0.2, -0.15) is 0 Å². The minimum absolute atomic E-state index is 0.395. The van der Waals surface area contributed by atoms with Gasteiger partial charge < -0.3 is 5.32 Å². The monoisotopic (exact) mass is 229 g/mol. The number of ketones is 1. The number of carbonyl (C=O) groups is 1. The van der Waals surface area contributed by atoms with Gasteiger partial charge in [-0.1, -0.05) is 30.3 Å². The predicted octanol–water partition coefficient (Wildman–Crippen LogP) is 2.50. The lowest BCUT2D eigenvalue weighted by atomic mass is 10.1. The summed E-state index contributed by atoms with van der Waals surface area (Å²) < 4.78 is 0. The lowest BCUT2D eigenvalue weighted by molar-refractivity contribution is -0.118. The van der Waals surface area contributed by atoms with Gasteiger partial charge in [0.05, 0.1) is 6.54 Å². The Hall–Kier alpha value is -1.15. The topological polar surface area (TPSA) is 29.1 Å². The number of carbonyl (C=O) groups excluding carboxylic acids is 1. The summed E-state index contributed by atoms with van der Waals surface area (Å²) in [5.74, 6) is 1.74. The average molecular weight is 229 g/mol. The molecule has 2 atom stereocenters. The summed E-state index contributed by atoms with van der Waals surface area (Å²) in [6, 6.07) is 11.1. The van der Waals surface area contributed by atoms with Gasteiger partial charge in [-0.05, 0) is 30.7 Å². The summed E-state index contributed by atoms with van der Waals surface area (Å²) in [7, 11) is 0. The quantitative estimate of drug-likeness (QED) is 0.812. The summed E-state index contributed by atoms with van der Waals surface area (Å²) in [5, 5.41) is 3.39. The van der Waals surface area contributed by atoms with Gasteiger partial charge in [0, 0.05) is 18.4 Å². The molecule has 17 heavy (non-hydrogen) atoms. The summed E-state index contributed by atoms with van der Waals surface area (Å²) in [6.45, 7) is 0.574. The highest BCUT2D eigenvalue weighted by atomic mass is 16.1. The van der Waals surface area contributed by atoms with E-state index in [0.717, 1.165) is 6.42 Å². The van der Waals surface area contributed by atoms with Gasteiger partial charge in [0.2, 0.25) is 0 Å². The third-order valence-electron chi connectivity index (χ3n) is 3.79. The second-order valence-electron chi connectivity index (χ2n) is 5.43. The highest BCUT2D eigenvalue weighted by Crippen LogP contribution is 2.40. The van der Waals surface area contributed by atoms with E-state index in [1.165, 1.54) is 24.8 Å². The Morgan fingerprint density at radius 2 is 2.00 bits per heavy atom. The second-order valence-corrected chi connectivity index (χ2v) is 5.43. The van der Waals surface area contributed by atoms with Crippen molar-refractivity contribution >= 4 is 5.78 Å². The standard InChI is InChI=1S/C15H19NO/c17-13(8-11-6-7-11)10-16-15-9-14(15)12-4-2-1-3-5-12/h1-5,11,14-16H,6-10H2/t14?,15-/m0/s1. The molecule has 0 spiro atoms. The van der Waals surface area contributed by atoms with Crippen molar-refractivity contribution in [3.63, 3.8) is 0 Å². The van der Waals surface area contributed by atoms with Crippen LogP contribution in [0.3, 0.4) is 0 Å². The van der Waals surface area contributed by atoms with Gasteiger partial charge in [-0.25, -0.2) is 0 Å². The third kappa shape index (κ3) is 2.95. The zero-order valence-electron chi connectivity index (χ0n) is 10.1. The van der Waals surface area contributed by atoms with Crippen LogP contribution in [0.15, 0.2) is 30.3 Å². The van der Waals surface area contributed by atoms with Crippen LogP contribution in [0, 0.1) is 5.92 Å². The van der Waals surface area contributed by atoms with Crippen LogP contribution in [0.4, 0.5) is 0 Å². The van der Waals surface area contributed by atoms with Crippen LogP contribution in [0.1, 0.15) is 37.2 Å². The van der Waals surface area contributed by atoms with E-state index in [1.54, 1.807) is 0 Å². The van der Waals surface area contributed by atoms with Crippen LogP contribution in [-0.2, 0) is 4.79 Å². The van der Waals surface area contributed by atoms with Crippen molar-refractivity contribution in [2.24, 2.45) is 5.92 Å². The van der Waals surface area contributed by atoms with E-state index in [2.05, 4.69) is 29.6 Å². The van der Waals surface area contributed by atoms with E-state index in [0.29, 0.717) is 30.2 Å². The summed E-state index contributed by atoms with van der Waals surface area (Å²) in [4.78, 5) is 11.6. The first-order valence-corrected chi connectivity index (χ1v) is 6.63. The number of benzene rings is 1. The van der Waals surface area contributed by atoms with E-state index >= 15 is 0 Å². The maximum absolute atomic E-state index is 11.6. The Morgan fingerprint density at radius 1 is 1.24 bits per heavy atom. The molecule has 2 saturated carbocycles. The molecule has 0 saturated heterocycles. The van der Waals surface area contributed by atoms with E-state index in [9.17, 15) is 4.79 Å². The van der Waals surface area contributed by atoms with Gasteiger partial charge in [0.1, 0.15) is 5.78 Å².